The van der Waals surface area contributed by atoms with Crippen LogP contribution in [0.5, 0.6) is 0 Å². The molecule has 0 fully saturated rings. The van der Waals surface area contributed by atoms with Crippen molar-refractivity contribution < 1.29 is 19.5 Å². The lowest BCUT2D eigenvalue weighted by Gasteiger charge is -2.02. The van der Waals surface area contributed by atoms with Crippen LogP contribution in [0.15, 0.2) is 24.5 Å². The van der Waals surface area contributed by atoms with Gasteiger partial charge in [-0.1, -0.05) is 0 Å². The number of pyridine rings is 1. The Labute approximate surface area is 91.3 Å². The molecule has 0 spiro atoms. The average molecular weight is 222 g/mol. The molecule has 1 amide bonds. The number of nitrogens with one attached hydrogen (secondary N) is 1. The lowest BCUT2D eigenvalue weighted by molar-refractivity contribution is -0.149. The van der Waals surface area contributed by atoms with Gasteiger partial charge in [0.1, 0.15) is 0 Å². The van der Waals surface area contributed by atoms with E-state index in [1.54, 1.807) is 12.1 Å². The maximum Gasteiger partial charge on any atom is 0.372 e. The zero-order chi connectivity index (χ0) is 12.0. The van der Waals surface area contributed by atoms with Crippen molar-refractivity contribution in [2.24, 2.45) is 0 Å². The number of hydrogen-bond donors (Lipinski definition) is 2. The number of nitrogens with zero attached hydrogens (tertiary/aromatic N) is 1. The summed E-state index contributed by atoms with van der Waals surface area (Å²) >= 11 is 0. The number of carbonyl (C=O) groups is 3. The van der Waals surface area contributed by atoms with Crippen molar-refractivity contribution in [3.8, 4) is 0 Å². The van der Waals surface area contributed by atoms with Gasteiger partial charge in [-0.15, -0.1) is 0 Å². The molecule has 0 radical (unpaired) electrons. The minimum Gasteiger partial charge on any atom is -0.476 e. The largest absolute Gasteiger partial charge is 0.476 e. The lowest BCUT2D eigenvalue weighted by Crippen LogP contribution is -2.27. The first-order valence-electron chi connectivity index (χ1n) is 4.55. The van der Waals surface area contributed by atoms with Crippen LogP contribution in [-0.2, 0) is 9.59 Å². The number of aliphatic carboxylic acids is 1. The predicted molar refractivity (Wildman–Crippen MR) is 53.8 cm³/mol. The van der Waals surface area contributed by atoms with Gasteiger partial charge in [0.15, 0.2) is 0 Å². The number of carboxylic acid groups (broad SMARTS) is 1. The molecule has 1 aromatic rings. The van der Waals surface area contributed by atoms with Crippen molar-refractivity contribution in [3.63, 3.8) is 0 Å². The SMILES string of the molecule is O=C(O)C(=O)CCNC(=O)c1cccnc1. The van der Waals surface area contributed by atoms with Gasteiger partial charge in [-0.05, 0) is 12.1 Å². The minimum atomic E-state index is -1.49. The highest BCUT2D eigenvalue weighted by molar-refractivity contribution is 6.32. The van der Waals surface area contributed by atoms with Crippen LogP contribution in [0.25, 0.3) is 0 Å². The number of carbonyl (C=O) groups excluding carboxylic acids is 2. The molecular weight excluding hydrogens is 212 g/mol. The summed E-state index contributed by atoms with van der Waals surface area (Å²) in [5.74, 6) is -2.80. The van der Waals surface area contributed by atoms with E-state index in [1.165, 1.54) is 12.4 Å². The number of carboxylic acids is 1. The Bertz CT molecular complexity index is 403. The molecule has 0 aliphatic heterocycles. The Morgan fingerprint density at radius 3 is 2.69 bits per heavy atom. The van der Waals surface area contributed by atoms with Gasteiger partial charge in [0, 0.05) is 25.4 Å². The summed E-state index contributed by atoms with van der Waals surface area (Å²) in [7, 11) is 0. The lowest BCUT2D eigenvalue weighted by atomic mass is 10.2. The predicted octanol–water partition coefficient (Wildman–Crippen LogP) is -0.145. The van der Waals surface area contributed by atoms with E-state index in [0.717, 1.165) is 0 Å². The van der Waals surface area contributed by atoms with Crippen LogP contribution >= 0.6 is 0 Å². The molecule has 6 heteroatoms. The topological polar surface area (TPSA) is 96.4 Å². The van der Waals surface area contributed by atoms with E-state index in [2.05, 4.69) is 10.3 Å². The summed E-state index contributed by atoms with van der Waals surface area (Å²) in [6, 6.07) is 3.18. The van der Waals surface area contributed by atoms with Gasteiger partial charge in [-0.3, -0.25) is 14.6 Å². The Morgan fingerprint density at radius 2 is 2.12 bits per heavy atom. The van der Waals surface area contributed by atoms with Crippen molar-refractivity contribution >= 4 is 17.7 Å². The minimum absolute atomic E-state index is 0.00113. The van der Waals surface area contributed by atoms with Gasteiger partial charge in [0.05, 0.1) is 5.56 Å². The van der Waals surface area contributed by atoms with Crippen LogP contribution in [0.1, 0.15) is 16.8 Å². The summed E-state index contributed by atoms with van der Waals surface area (Å²) in [5.41, 5.74) is 0.366. The molecule has 0 bridgehead atoms. The zero-order valence-corrected chi connectivity index (χ0v) is 8.34. The Morgan fingerprint density at radius 1 is 1.38 bits per heavy atom. The van der Waals surface area contributed by atoms with Gasteiger partial charge in [0.2, 0.25) is 5.78 Å². The molecule has 0 saturated heterocycles. The normalized spacial score (nSPS) is 9.50. The Hall–Kier alpha value is -2.24. The molecule has 2 N–H and O–H groups in total. The van der Waals surface area contributed by atoms with Crippen LogP contribution in [0.4, 0.5) is 0 Å². The maximum absolute atomic E-state index is 11.4. The van der Waals surface area contributed by atoms with Crippen LogP contribution in [0.3, 0.4) is 0 Å². The third-order valence-electron chi connectivity index (χ3n) is 1.80. The Kier molecular flexibility index (Phi) is 4.14. The monoisotopic (exact) mass is 222 g/mol. The third-order valence-corrected chi connectivity index (χ3v) is 1.80. The van der Waals surface area contributed by atoms with E-state index in [-0.39, 0.29) is 18.9 Å². The maximum atomic E-state index is 11.4. The number of ketones is 1. The van der Waals surface area contributed by atoms with Gasteiger partial charge in [-0.25, -0.2) is 4.79 Å². The quantitative estimate of drug-likeness (QED) is 0.675. The van der Waals surface area contributed by atoms with Crippen molar-refractivity contribution in [3.05, 3.63) is 30.1 Å². The van der Waals surface area contributed by atoms with Crippen LogP contribution in [0, 0.1) is 0 Å². The molecule has 0 aliphatic carbocycles. The highest BCUT2D eigenvalue weighted by Gasteiger charge is 2.11. The van der Waals surface area contributed by atoms with Crippen molar-refractivity contribution in [1.29, 1.82) is 0 Å². The highest BCUT2D eigenvalue weighted by atomic mass is 16.4. The second kappa shape index (κ2) is 5.59. The van der Waals surface area contributed by atoms with Crippen molar-refractivity contribution in [2.75, 3.05) is 6.54 Å². The van der Waals surface area contributed by atoms with Crippen LogP contribution < -0.4 is 5.32 Å². The first-order valence-corrected chi connectivity index (χ1v) is 4.55. The molecule has 0 atom stereocenters. The van der Waals surface area contributed by atoms with Crippen LogP contribution in [0.2, 0.25) is 0 Å². The zero-order valence-electron chi connectivity index (χ0n) is 8.34. The van der Waals surface area contributed by atoms with E-state index in [1.807, 2.05) is 0 Å². The molecule has 0 aromatic carbocycles. The second-order valence-corrected chi connectivity index (χ2v) is 2.98. The van der Waals surface area contributed by atoms with Gasteiger partial charge >= 0.3 is 5.97 Å². The molecule has 0 aliphatic rings. The average Bonchev–Trinajstić information content (AvgIpc) is 2.29. The van der Waals surface area contributed by atoms with E-state index in [0.29, 0.717) is 5.56 Å². The summed E-state index contributed by atoms with van der Waals surface area (Å²) < 4.78 is 0. The summed E-state index contributed by atoms with van der Waals surface area (Å²) in [5, 5.41) is 10.7. The smallest absolute Gasteiger partial charge is 0.372 e. The molecule has 84 valence electrons. The fourth-order valence-corrected chi connectivity index (χ4v) is 0.996. The first kappa shape index (κ1) is 11.8. The van der Waals surface area contributed by atoms with Gasteiger partial charge in [0.25, 0.3) is 5.91 Å². The fourth-order valence-electron chi connectivity index (χ4n) is 0.996. The van der Waals surface area contributed by atoms with Crippen molar-refractivity contribution in [1.82, 2.24) is 10.3 Å². The van der Waals surface area contributed by atoms with E-state index in [4.69, 9.17) is 5.11 Å². The number of Topliss-reactive ketones (excluding diaryl/α,β-unsaturated/α-hetero) is 1. The number of aromatic nitrogens is 1. The first-order chi connectivity index (χ1) is 7.61. The van der Waals surface area contributed by atoms with Crippen LogP contribution in [-0.4, -0.2) is 34.3 Å². The molecular formula is C10H10N2O4. The molecule has 1 aromatic heterocycles. The van der Waals surface area contributed by atoms with E-state index >= 15 is 0 Å². The molecule has 1 rings (SSSR count). The second-order valence-electron chi connectivity index (χ2n) is 2.98. The molecule has 1 heterocycles. The third kappa shape index (κ3) is 3.49. The Balaban J connectivity index is 2.37. The number of hydrogen-bond acceptors (Lipinski definition) is 4. The summed E-state index contributed by atoms with van der Waals surface area (Å²) in [6.45, 7) is -0.00113. The summed E-state index contributed by atoms with van der Waals surface area (Å²) in [4.78, 5) is 36.0. The summed E-state index contributed by atoms with van der Waals surface area (Å²) in [6.07, 6.45) is 2.69. The number of amides is 1. The highest BCUT2D eigenvalue weighted by Crippen LogP contribution is 1.94. The fraction of sp³-hybridized carbons (Fsp3) is 0.200. The number of rotatable bonds is 5. The van der Waals surface area contributed by atoms with Crippen molar-refractivity contribution in [2.45, 2.75) is 6.42 Å². The van der Waals surface area contributed by atoms with E-state index < -0.39 is 11.8 Å². The standard InChI is InChI=1S/C10H10N2O4/c13-8(10(15)16)3-5-12-9(14)7-2-1-4-11-6-7/h1-2,4,6H,3,5H2,(H,12,14)(H,15,16). The molecule has 0 unspecified atom stereocenters. The van der Waals surface area contributed by atoms with E-state index in [9.17, 15) is 14.4 Å². The van der Waals surface area contributed by atoms with Gasteiger partial charge < -0.3 is 10.4 Å². The molecule has 16 heavy (non-hydrogen) atoms. The molecule has 0 saturated carbocycles. The molecule has 6 nitrogen and oxygen atoms in total. The van der Waals surface area contributed by atoms with Gasteiger partial charge in [-0.2, -0.15) is 0 Å².